The van der Waals surface area contributed by atoms with Gasteiger partial charge in [-0.15, -0.1) is 0 Å². The third kappa shape index (κ3) is 5.73. The largest absolute Gasteiger partial charge is 0.385 e. The van der Waals surface area contributed by atoms with Crippen LogP contribution in [0.2, 0.25) is 0 Å². The van der Waals surface area contributed by atoms with Crippen molar-refractivity contribution in [1.29, 1.82) is 0 Å². The zero-order valence-electron chi connectivity index (χ0n) is 5.94. The molecule has 0 aromatic rings. The molecular weight excluding hydrogens is 134 g/mol. The van der Waals surface area contributed by atoms with Gasteiger partial charge in [0, 0.05) is 20.8 Å². The van der Waals surface area contributed by atoms with E-state index < -0.39 is 0 Å². The van der Waals surface area contributed by atoms with Crippen LogP contribution in [0.25, 0.3) is 0 Å². The van der Waals surface area contributed by atoms with Gasteiger partial charge in [-0.1, -0.05) is 12.2 Å². The molecule has 0 amide bonds. The third-order valence-electron chi connectivity index (χ3n) is 1.03. The van der Waals surface area contributed by atoms with Crippen molar-refractivity contribution in [2.45, 2.75) is 12.8 Å². The van der Waals surface area contributed by atoms with Gasteiger partial charge in [-0.3, -0.25) is 0 Å². The fraction of sp³-hybridized carbons (Fsp3) is 0.833. The van der Waals surface area contributed by atoms with Gasteiger partial charge in [0.15, 0.2) is 0 Å². The van der Waals surface area contributed by atoms with Crippen LogP contribution < -0.4 is 5.32 Å². The lowest BCUT2D eigenvalue weighted by Gasteiger charge is -2.00. The van der Waals surface area contributed by atoms with E-state index in [9.17, 15) is 0 Å². The summed E-state index contributed by atoms with van der Waals surface area (Å²) in [5.41, 5.74) is 0. The first-order valence-electron chi connectivity index (χ1n) is 3.00. The zero-order chi connectivity index (χ0) is 7.11. The normalized spacial score (nSPS) is 9.11. The number of rotatable bonds is 4. The molecule has 0 rings (SSSR count). The van der Waals surface area contributed by atoms with Gasteiger partial charge >= 0.3 is 0 Å². The molecule has 0 atom stereocenters. The van der Waals surface area contributed by atoms with Gasteiger partial charge in [0.1, 0.15) is 0 Å². The van der Waals surface area contributed by atoms with Crippen LogP contribution in [-0.2, 0) is 4.74 Å². The Morgan fingerprint density at radius 1 is 1.67 bits per heavy atom. The van der Waals surface area contributed by atoms with E-state index in [4.69, 9.17) is 17.0 Å². The van der Waals surface area contributed by atoms with Crippen LogP contribution in [0.5, 0.6) is 0 Å². The molecule has 0 bridgehead atoms. The van der Waals surface area contributed by atoms with Gasteiger partial charge in [-0.05, 0) is 12.8 Å². The van der Waals surface area contributed by atoms with Gasteiger partial charge in [0.05, 0.1) is 4.99 Å². The Morgan fingerprint density at radius 2 is 2.33 bits per heavy atom. The van der Waals surface area contributed by atoms with Crippen molar-refractivity contribution in [2.75, 3.05) is 20.8 Å². The van der Waals surface area contributed by atoms with Gasteiger partial charge in [-0.2, -0.15) is 0 Å². The molecule has 0 aliphatic heterocycles. The average molecular weight is 147 g/mol. The fourth-order valence-electron chi connectivity index (χ4n) is 0.502. The number of thiocarbonyl (C=S) groups is 1. The Balaban J connectivity index is 2.97. The highest BCUT2D eigenvalue weighted by atomic mass is 32.1. The van der Waals surface area contributed by atoms with Crippen LogP contribution in [0.1, 0.15) is 12.8 Å². The van der Waals surface area contributed by atoms with E-state index in [0.717, 1.165) is 24.4 Å². The van der Waals surface area contributed by atoms with Crippen LogP contribution in [0, 0.1) is 0 Å². The summed E-state index contributed by atoms with van der Waals surface area (Å²) in [6, 6.07) is 0. The predicted molar refractivity (Wildman–Crippen MR) is 42.8 cm³/mol. The molecule has 0 aromatic heterocycles. The lowest BCUT2D eigenvalue weighted by atomic mass is 10.3. The zero-order valence-corrected chi connectivity index (χ0v) is 6.75. The SMILES string of the molecule is CNC(=S)CCCOC. The standard InChI is InChI=1S/C6H13NOS/c1-7-6(9)4-3-5-8-2/h3-5H2,1-2H3,(H,7,9). The molecule has 3 heteroatoms. The Morgan fingerprint density at radius 3 is 2.78 bits per heavy atom. The number of nitrogens with one attached hydrogen (secondary N) is 1. The molecule has 0 unspecified atom stereocenters. The molecule has 0 fully saturated rings. The second-order valence-electron chi connectivity index (χ2n) is 1.77. The number of hydrogen-bond acceptors (Lipinski definition) is 2. The summed E-state index contributed by atoms with van der Waals surface area (Å²) in [6.45, 7) is 0.793. The van der Waals surface area contributed by atoms with E-state index in [-0.39, 0.29) is 0 Å². The molecule has 0 spiro atoms. The molecule has 0 aliphatic carbocycles. The van der Waals surface area contributed by atoms with E-state index in [1.807, 2.05) is 7.05 Å². The first kappa shape index (κ1) is 8.85. The quantitative estimate of drug-likeness (QED) is 0.473. The highest BCUT2D eigenvalue weighted by Gasteiger charge is 1.90. The van der Waals surface area contributed by atoms with E-state index in [0.29, 0.717) is 0 Å². The summed E-state index contributed by atoms with van der Waals surface area (Å²) in [5, 5.41) is 2.90. The monoisotopic (exact) mass is 147 g/mol. The van der Waals surface area contributed by atoms with Crippen LogP contribution in [-0.4, -0.2) is 25.8 Å². The molecule has 0 aliphatic rings. The maximum atomic E-state index is 4.90. The van der Waals surface area contributed by atoms with E-state index in [2.05, 4.69) is 5.32 Å². The minimum Gasteiger partial charge on any atom is -0.385 e. The van der Waals surface area contributed by atoms with E-state index in [1.165, 1.54) is 0 Å². The van der Waals surface area contributed by atoms with Gasteiger partial charge in [0.2, 0.25) is 0 Å². The lowest BCUT2D eigenvalue weighted by Crippen LogP contribution is -2.15. The molecule has 0 aromatic carbocycles. The molecule has 0 saturated heterocycles. The number of hydrogen-bond donors (Lipinski definition) is 1. The van der Waals surface area contributed by atoms with Crippen molar-refractivity contribution in [3.05, 3.63) is 0 Å². The Hall–Kier alpha value is -0.150. The molecule has 0 saturated carbocycles. The molecule has 1 N–H and O–H groups in total. The topological polar surface area (TPSA) is 21.3 Å². The van der Waals surface area contributed by atoms with Crippen molar-refractivity contribution < 1.29 is 4.74 Å². The third-order valence-corrected chi connectivity index (χ3v) is 1.44. The van der Waals surface area contributed by atoms with E-state index in [1.54, 1.807) is 7.11 Å². The first-order valence-corrected chi connectivity index (χ1v) is 3.41. The minimum atomic E-state index is 0.793. The second-order valence-corrected chi connectivity index (χ2v) is 2.26. The smallest absolute Gasteiger partial charge is 0.0751 e. The fourth-order valence-corrected chi connectivity index (χ4v) is 0.646. The number of ether oxygens (including phenoxy) is 1. The summed E-state index contributed by atoms with van der Waals surface area (Å²) in [7, 11) is 3.54. The van der Waals surface area contributed by atoms with Gasteiger partial charge in [-0.25, -0.2) is 0 Å². The Kier molecular flexibility index (Phi) is 5.88. The maximum Gasteiger partial charge on any atom is 0.0751 e. The summed E-state index contributed by atoms with van der Waals surface area (Å²) in [6.07, 6.45) is 1.94. The lowest BCUT2D eigenvalue weighted by molar-refractivity contribution is 0.196. The van der Waals surface area contributed by atoms with Gasteiger partial charge < -0.3 is 10.1 Å². The highest BCUT2D eigenvalue weighted by Crippen LogP contribution is 1.89. The predicted octanol–water partition coefficient (Wildman–Crippen LogP) is 0.960. The van der Waals surface area contributed by atoms with Crippen LogP contribution in [0.3, 0.4) is 0 Å². The highest BCUT2D eigenvalue weighted by molar-refractivity contribution is 7.80. The summed E-state index contributed by atoms with van der Waals surface area (Å²) in [4.78, 5) is 0.909. The van der Waals surface area contributed by atoms with Gasteiger partial charge in [0.25, 0.3) is 0 Å². The first-order chi connectivity index (χ1) is 4.31. The Bertz CT molecular complexity index is 85.1. The van der Waals surface area contributed by atoms with Crippen molar-refractivity contribution >= 4 is 17.2 Å². The minimum absolute atomic E-state index is 0.793. The number of methoxy groups -OCH3 is 1. The van der Waals surface area contributed by atoms with Crippen molar-refractivity contribution in [3.63, 3.8) is 0 Å². The van der Waals surface area contributed by atoms with Crippen molar-refractivity contribution in [1.82, 2.24) is 5.32 Å². The molecular formula is C6H13NOS. The van der Waals surface area contributed by atoms with E-state index >= 15 is 0 Å². The molecule has 0 heterocycles. The van der Waals surface area contributed by atoms with Crippen molar-refractivity contribution in [3.8, 4) is 0 Å². The second kappa shape index (κ2) is 5.98. The maximum absolute atomic E-state index is 4.90. The molecule has 0 radical (unpaired) electrons. The summed E-state index contributed by atoms with van der Waals surface area (Å²) < 4.78 is 4.85. The molecule has 9 heavy (non-hydrogen) atoms. The van der Waals surface area contributed by atoms with Crippen LogP contribution in [0.4, 0.5) is 0 Å². The molecule has 2 nitrogen and oxygen atoms in total. The van der Waals surface area contributed by atoms with Crippen LogP contribution in [0.15, 0.2) is 0 Å². The molecule has 54 valence electrons. The van der Waals surface area contributed by atoms with Crippen molar-refractivity contribution in [2.24, 2.45) is 0 Å². The summed E-state index contributed by atoms with van der Waals surface area (Å²) in [5.74, 6) is 0. The average Bonchev–Trinajstić information content (AvgIpc) is 1.89. The summed E-state index contributed by atoms with van der Waals surface area (Å²) >= 11 is 4.90. The van der Waals surface area contributed by atoms with Crippen LogP contribution >= 0.6 is 12.2 Å². The Labute approximate surface area is 61.6 Å².